The van der Waals surface area contributed by atoms with Crippen molar-refractivity contribution >= 4 is 27.7 Å². The number of halogens is 1. The zero-order chi connectivity index (χ0) is 21.9. The van der Waals surface area contributed by atoms with Gasteiger partial charge < -0.3 is 15.0 Å². The summed E-state index contributed by atoms with van der Waals surface area (Å²) in [5, 5.41) is 2.84. The minimum absolute atomic E-state index is 0.116. The zero-order valence-corrected chi connectivity index (χ0v) is 19.6. The van der Waals surface area contributed by atoms with E-state index in [4.69, 9.17) is 4.74 Å². The summed E-state index contributed by atoms with van der Waals surface area (Å²) in [6.07, 6.45) is 2.15. The molecule has 1 atom stereocenters. The van der Waals surface area contributed by atoms with E-state index in [1.807, 2.05) is 62.4 Å². The fourth-order valence-corrected chi connectivity index (χ4v) is 3.83. The number of aryl methyl sites for hydroxylation is 1. The van der Waals surface area contributed by atoms with Gasteiger partial charge >= 0.3 is 0 Å². The van der Waals surface area contributed by atoms with Gasteiger partial charge in [0.25, 0.3) is 5.91 Å². The van der Waals surface area contributed by atoms with Crippen LogP contribution in [0.4, 0.5) is 0 Å². The first-order chi connectivity index (χ1) is 14.5. The van der Waals surface area contributed by atoms with Crippen molar-refractivity contribution in [3.05, 3.63) is 64.1 Å². The largest absolute Gasteiger partial charge is 0.483 e. The maximum atomic E-state index is 13.1. The third-order valence-electron chi connectivity index (χ3n) is 4.98. The van der Waals surface area contributed by atoms with Crippen LogP contribution in [0.25, 0.3) is 0 Å². The standard InChI is InChI=1S/C24H31BrN2O3/c1-4-18-12-13-22(20(25)16-18)30-17-23(28)27(21(5-2)24(29)26-6-3)15-14-19-10-8-7-9-11-19/h7-13,16,21H,4-6,14-15,17H2,1-3H3,(H,26,29)/t21-/m1/s1. The average molecular weight is 475 g/mol. The molecule has 0 fully saturated rings. The summed E-state index contributed by atoms with van der Waals surface area (Å²) in [4.78, 5) is 27.3. The summed E-state index contributed by atoms with van der Waals surface area (Å²) < 4.78 is 6.62. The summed E-state index contributed by atoms with van der Waals surface area (Å²) in [7, 11) is 0. The van der Waals surface area contributed by atoms with Crippen LogP contribution in [0.5, 0.6) is 5.75 Å². The van der Waals surface area contributed by atoms with E-state index >= 15 is 0 Å². The fraction of sp³-hybridized carbons (Fsp3) is 0.417. The highest BCUT2D eigenvalue weighted by atomic mass is 79.9. The second-order valence-electron chi connectivity index (χ2n) is 7.05. The van der Waals surface area contributed by atoms with Crippen molar-refractivity contribution in [3.63, 3.8) is 0 Å². The Kier molecular flexibility index (Phi) is 9.87. The van der Waals surface area contributed by atoms with E-state index in [1.54, 1.807) is 4.90 Å². The van der Waals surface area contributed by atoms with Crippen molar-refractivity contribution in [1.29, 1.82) is 0 Å². The van der Waals surface area contributed by atoms with Crippen LogP contribution in [-0.2, 0) is 22.4 Å². The summed E-state index contributed by atoms with van der Waals surface area (Å²) in [5.41, 5.74) is 2.31. The Hall–Kier alpha value is -2.34. The van der Waals surface area contributed by atoms with Crippen LogP contribution in [0.3, 0.4) is 0 Å². The molecule has 0 saturated heterocycles. The molecule has 0 radical (unpaired) electrons. The Bertz CT molecular complexity index is 826. The zero-order valence-electron chi connectivity index (χ0n) is 18.0. The molecule has 30 heavy (non-hydrogen) atoms. The lowest BCUT2D eigenvalue weighted by atomic mass is 10.1. The Labute approximate surface area is 187 Å². The van der Waals surface area contributed by atoms with Crippen molar-refractivity contribution < 1.29 is 14.3 Å². The van der Waals surface area contributed by atoms with Crippen LogP contribution in [0, 0.1) is 0 Å². The quantitative estimate of drug-likeness (QED) is 0.525. The minimum Gasteiger partial charge on any atom is -0.483 e. The topological polar surface area (TPSA) is 58.6 Å². The number of rotatable bonds is 11. The molecule has 0 aliphatic heterocycles. The molecule has 0 saturated carbocycles. The van der Waals surface area contributed by atoms with Gasteiger partial charge in [0, 0.05) is 13.1 Å². The molecular weight excluding hydrogens is 444 g/mol. The number of benzene rings is 2. The van der Waals surface area contributed by atoms with Crippen LogP contribution in [0.2, 0.25) is 0 Å². The number of carbonyl (C=O) groups is 2. The molecule has 0 aromatic heterocycles. The Morgan fingerprint density at radius 2 is 1.80 bits per heavy atom. The third kappa shape index (κ3) is 6.87. The van der Waals surface area contributed by atoms with E-state index in [9.17, 15) is 9.59 Å². The molecule has 2 rings (SSSR count). The number of nitrogens with one attached hydrogen (secondary N) is 1. The number of hydrogen-bond acceptors (Lipinski definition) is 3. The van der Waals surface area contributed by atoms with Crippen molar-refractivity contribution in [3.8, 4) is 5.75 Å². The number of nitrogens with zero attached hydrogens (tertiary/aromatic N) is 1. The smallest absolute Gasteiger partial charge is 0.261 e. The lowest BCUT2D eigenvalue weighted by molar-refractivity contribution is -0.142. The van der Waals surface area contributed by atoms with Gasteiger partial charge in [0.1, 0.15) is 11.8 Å². The minimum atomic E-state index is -0.518. The number of carbonyl (C=O) groups excluding carboxylic acids is 2. The number of hydrogen-bond donors (Lipinski definition) is 1. The molecule has 6 heteroatoms. The van der Waals surface area contributed by atoms with Gasteiger partial charge in [0.15, 0.2) is 6.61 Å². The maximum absolute atomic E-state index is 13.1. The van der Waals surface area contributed by atoms with Crippen LogP contribution in [-0.4, -0.2) is 42.5 Å². The fourth-order valence-electron chi connectivity index (χ4n) is 3.29. The Morgan fingerprint density at radius 1 is 1.07 bits per heavy atom. The predicted molar refractivity (Wildman–Crippen MR) is 124 cm³/mol. The molecule has 2 amide bonds. The van der Waals surface area contributed by atoms with E-state index in [0.29, 0.717) is 31.7 Å². The summed E-state index contributed by atoms with van der Waals surface area (Å²) >= 11 is 3.51. The second-order valence-corrected chi connectivity index (χ2v) is 7.90. The first kappa shape index (κ1) is 23.9. The molecule has 0 unspecified atom stereocenters. The molecule has 0 aliphatic rings. The molecular formula is C24H31BrN2O3. The van der Waals surface area contributed by atoms with Crippen LogP contribution in [0.1, 0.15) is 38.3 Å². The maximum Gasteiger partial charge on any atom is 0.261 e. The number of likely N-dealkylation sites (N-methyl/N-ethyl adjacent to an activating group) is 1. The highest BCUT2D eigenvalue weighted by molar-refractivity contribution is 9.10. The summed E-state index contributed by atoms with van der Waals surface area (Å²) in [6.45, 7) is 6.75. The third-order valence-corrected chi connectivity index (χ3v) is 5.60. The first-order valence-electron chi connectivity index (χ1n) is 10.5. The van der Waals surface area contributed by atoms with Gasteiger partial charge in [0.2, 0.25) is 5.91 Å². The average Bonchev–Trinajstić information content (AvgIpc) is 2.76. The second kappa shape index (κ2) is 12.4. The Balaban J connectivity index is 2.12. The van der Waals surface area contributed by atoms with E-state index in [-0.39, 0.29) is 18.4 Å². The van der Waals surface area contributed by atoms with Crippen molar-refractivity contribution in [1.82, 2.24) is 10.2 Å². The van der Waals surface area contributed by atoms with Gasteiger partial charge in [-0.15, -0.1) is 0 Å². The van der Waals surface area contributed by atoms with Gasteiger partial charge in [-0.05, 0) is 65.4 Å². The lowest BCUT2D eigenvalue weighted by Crippen LogP contribution is -2.51. The highest BCUT2D eigenvalue weighted by Crippen LogP contribution is 2.26. The van der Waals surface area contributed by atoms with Gasteiger partial charge in [-0.3, -0.25) is 9.59 Å². The molecule has 2 aromatic carbocycles. The molecule has 0 bridgehead atoms. The highest BCUT2D eigenvalue weighted by Gasteiger charge is 2.28. The predicted octanol–water partition coefficient (Wildman–Crippen LogP) is 4.38. The van der Waals surface area contributed by atoms with E-state index < -0.39 is 6.04 Å². The van der Waals surface area contributed by atoms with Crippen LogP contribution < -0.4 is 10.1 Å². The Morgan fingerprint density at radius 3 is 2.40 bits per heavy atom. The van der Waals surface area contributed by atoms with E-state index in [0.717, 1.165) is 16.5 Å². The first-order valence-corrected chi connectivity index (χ1v) is 11.3. The van der Waals surface area contributed by atoms with Crippen molar-refractivity contribution in [2.75, 3.05) is 19.7 Å². The van der Waals surface area contributed by atoms with Crippen molar-refractivity contribution in [2.45, 2.75) is 46.1 Å². The molecule has 5 nitrogen and oxygen atoms in total. The van der Waals surface area contributed by atoms with Gasteiger partial charge in [0.05, 0.1) is 4.47 Å². The summed E-state index contributed by atoms with van der Waals surface area (Å²) in [5.74, 6) is 0.292. The molecule has 162 valence electrons. The molecule has 0 spiro atoms. The lowest BCUT2D eigenvalue weighted by Gasteiger charge is -2.30. The van der Waals surface area contributed by atoms with E-state index in [1.165, 1.54) is 5.56 Å². The molecule has 0 aliphatic carbocycles. The normalized spacial score (nSPS) is 11.6. The molecule has 1 N–H and O–H groups in total. The van der Waals surface area contributed by atoms with E-state index in [2.05, 4.69) is 28.2 Å². The molecule has 2 aromatic rings. The van der Waals surface area contributed by atoms with Crippen LogP contribution in [0.15, 0.2) is 53.0 Å². The molecule has 0 heterocycles. The monoisotopic (exact) mass is 474 g/mol. The van der Waals surface area contributed by atoms with Gasteiger partial charge in [-0.2, -0.15) is 0 Å². The summed E-state index contributed by atoms with van der Waals surface area (Å²) in [6, 6.07) is 15.3. The number of ether oxygens (including phenoxy) is 1. The SMILES string of the molecule is CCNC(=O)[C@@H](CC)N(CCc1ccccc1)C(=O)COc1ccc(CC)cc1Br. The van der Waals surface area contributed by atoms with Crippen molar-refractivity contribution in [2.24, 2.45) is 0 Å². The van der Waals surface area contributed by atoms with Gasteiger partial charge in [-0.1, -0.05) is 50.2 Å². The number of amides is 2. The van der Waals surface area contributed by atoms with Crippen LogP contribution >= 0.6 is 15.9 Å². The van der Waals surface area contributed by atoms with Gasteiger partial charge in [-0.25, -0.2) is 0 Å².